The van der Waals surface area contributed by atoms with Gasteiger partial charge in [-0.3, -0.25) is 4.21 Å². The lowest BCUT2D eigenvalue weighted by atomic mass is 10.2. The normalized spacial score (nSPS) is 13.0. The average Bonchev–Trinajstić information content (AvgIpc) is 2.63. The highest BCUT2D eigenvalue weighted by Gasteiger charge is 2.12. The van der Waals surface area contributed by atoms with Crippen molar-refractivity contribution in [1.82, 2.24) is 9.97 Å². The van der Waals surface area contributed by atoms with Gasteiger partial charge in [-0.15, -0.1) is 0 Å². The summed E-state index contributed by atoms with van der Waals surface area (Å²) in [6.45, 7) is 0. The summed E-state index contributed by atoms with van der Waals surface area (Å²) < 4.78 is 18.6. The van der Waals surface area contributed by atoms with Crippen LogP contribution in [-0.4, -0.2) is 31.1 Å². The number of benzene rings is 2. The molecule has 25 heavy (non-hydrogen) atoms. The third kappa shape index (κ3) is 3.67. The second kappa shape index (κ2) is 6.74. The summed E-state index contributed by atoms with van der Waals surface area (Å²) in [6, 6.07) is 14.2. The molecule has 0 amide bonds. The van der Waals surface area contributed by atoms with E-state index in [1.54, 1.807) is 36.5 Å². The first-order chi connectivity index (χ1) is 12.0. The highest BCUT2D eigenvalue weighted by atomic mass is 32.2. The standard InChI is InChI=1S/C18H14N2O4S/c1-25(23,15-6-2-13(3-7-15)18(21)22)16-8-4-14(5-9-16)24-17-10-11-19-12-20-17/h2-12H,1H2,(H,21,22). The summed E-state index contributed by atoms with van der Waals surface area (Å²) in [5.41, 5.74) is 0.132. The lowest BCUT2D eigenvalue weighted by molar-refractivity contribution is 0.0697. The summed E-state index contributed by atoms with van der Waals surface area (Å²) in [5, 5.41) is 8.94. The zero-order valence-corrected chi connectivity index (χ0v) is 13.8. The van der Waals surface area contributed by atoms with Gasteiger partial charge in [0.05, 0.1) is 5.56 Å². The Morgan fingerprint density at radius 2 is 1.60 bits per heavy atom. The van der Waals surface area contributed by atoms with Crippen molar-refractivity contribution in [1.29, 1.82) is 0 Å². The SMILES string of the molecule is C=S(=O)(c1ccc(Oc2ccncn2)cc1)c1ccc(C(=O)O)cc1. The lowest BCUT2D eigenvalue weighted by Crippen LogP contribution is -2.03. The number of ether oxygens (including phenoxy) is 1. The van der Waals surface area contributed by atoms with Gasteiger partial charge in [0.1, 0.15) is 12.1 Å². The largest absolute Gasteiger partial charge is 0.478 e. The molecule has 0 bridgehead atoms. The molecule has 2 aromatic carbocycles. The van der Waals surface area contributed by atoms with Crippen molar-refractivity contribution in [3.05, 3.63) is 72.7 Å². The maximum absolute atomic E-state index is 13.0. The first kappa shape index (κ1) is 16.7. The molecule has 0 aliphatic carbocycles. The van der Waals surface area contributed by atoms with Crippen LogP contribution in [-0.2, 0) is 9.52 Å². The zero-order chi connectivity index (χ0) is 17.9. The molecule has 1 N–H and O–H groups in total. The molecule has 1 unspecified atom stereocenters. The van der Waals surface area contributed by atoms with Gasteiger partial charge in [-0.25, -0.2) is 14.8 Å². The van der Waals surface area contributed by atoms with Gasteiger partial charge in [0.2, 0.25) is 5.88 Å². The van der Waals surface area contributed by atoms with Crippen LogP contribution in [0.2, 0.25) is 0 Å². The van der Waals surface area contributed by atoms with Gasteiger partial charge >= 0.3 is 5.97 Å². The number of carboxylic acid groups (broad SMARTS) is 1. The fraction of sp³-hybridized carbons (Fsp3) is 0. The van der Waals surface area contributed by atoms with E-state index in [1.807, 2.05) is 0 Å². The molecule has 3 rings (SSSR count). The Kier molecular flexibility index (Phi) is 4.49. The first-order valence-corrected chi connectivity index (χ1v) is 8.94. The average molecular weight is 354 g/mol. The molecule has 1 heterocycles. The zero-order valence-electron chi connectivity index (χ0n) is 13.0. The third-order valence-corrected chi connectivity index (χ3v) is 5.53. The van der Waals surface area contributed by atoms with Crippen LogP contribution in [0.4, 0.5) is 0 Å². The van der Waals surface area contributed by atoms with Gasteiger partial charge in [0.25, 0.3) is 0 Å². The molecule has 1 aromatic heterocycles. The molecule has 3 aromatic rings. The van der Waals surface area contributed by atoms with Crippen LogP contribution in [0.3, 0.4) is 0 Å². The molecular formula is C18H14N2O4S. The van der Waals surface area contributed by atoms with Crippen LogP contribution in [0.1, 0.15) is 10.4 Å². The molecule has 7 heteroatoms. The second-order valence-corrected chi connectivity index (χ2v) is 7.42. The van der Waals surface area contributed by atoms with Crippen LogP contribution < -0.4 is 4.74 Å². The summed E-state index contributed by atoms with van der Waals surface area (Å²) in [6.07, 6.45) is 2.95. The van der Waals surface area contributed by atoms with E-state index in [0.717, 1.165) is 0 Å². The Morgan fingerprint density at radius 3 is 2.12 bits per heavy atom. The minimum absolute atomic E-state index is 0.132. The Morgan fingerprint density at radius 1 is 1.00 bits per heavy atom. The Bertz CT molecular complexity index is 984. The van der Waals surface area contributed by atoms with Crippen LogP contribution in [0.15, 0.2) is 76.9 Å². The number of nitrogens with zero attached hydrogens (tertiary/aromatic N) is 2. The quantitative estimate of drug-likeness (QED) is 0.708. The van der Waals surface area contributed by atoms with Crippen LogP contribution in [0.25, 0.3) is 0 Å². The van der Waals surface area contributed by atoms with Gasteiger partial charge in [0, 0.05) is 31.6 Å². The molecule has 126 valence electrons. The number of aromatic nitrogens is 2. The van der Waals surface area contributed by atoms with Crippen molar-refractivity contribution in [2.24, 2.45) is 0 Å². The van der Waals surface area contributed by atoms with E-state index in [0.29, 0.717) is 21.4 Å². The maximum atomic E-state index is 13.0. The molecule has 0 saturated carbocycles. The molecule has 0 aliphatic rings. The van der Waals surface area contributed by atoms with Crippen molar-refractivity contribution in [3.8, 4) is 11.6 Å². The van der Waals surface area contributed by atoms with E-state index < -0.39 is 15.5 Å². The number of rotatable bonds is 5. The fourth-order valence-corrected chi connectivity index (χ4v) is 3.56. The molecule has 0 spiro atoms. The molecule has 6 nitrogen and oxygen atoms in total. The predicted octanol–water partition coefficient (Wildman–Crippen LogP) is 3.10. The molecule has 0 radical (unpaired) electrons. The minimum Gasteiger partial charge on any atom is -0.478 e. The summed E-state index contributed by atoms with van der Waals surface area (Å²) in [7, 11) is -2.75. The smallest absolute Gasteiger partial charge is 0.335 e. The molecule has 0 fully saturated rings. The van der Waals surface area contributed by atoms with Crippen molar-refractivity contribution in [2.45, 2.75) is 9.79 Å². The van der Waals surface area contributed by atoms with Gasteiger partial charge < -0.3 is 9.84 Å². The first-order valence-electron chi connectivity index (χ1n) is 7.21. The predicted molar refractivity (Wildman–Crippen MR) is 93.7 cm³/mol. The van der Waals surface area contributed by atoms with Crippen LogP contribution in [0.5, 0.6) is 11.6 Å². The van der Waals surface area contributed by atoms with Crippen molar-refractivity contribution in [2.75, 3.05) is 0 Å². The molecular weight excluding hydrogens is 340 g/mol. The van der Waals surface area contributed by atoms with E-state index in [9.17, 15) is 9.00 Å². The molecule has 1 atom stereocenters. The second-order valence-electron chi connectivity index (χ2n) is 5.13. The number of carboxylic acids is 1. The fourth-order valence-electron chi connectivity index (χ4n) is 2.14. The van der Waals surface area contributed by atoms with Gasteiger partial charge in [-0.05, 0) is 54.4 Å². The summed E-state index contributed by atoms with van der Waals surface area (Å²) in [5.74, 6) is 3.73. The van der Waals surface area contributed by atoms with E-state index in [2.05, 4.69) is 15.8 Å². The van der Waals surface area contributed by atoms with Crippen LogP contribution >= 0.6 is 0 Å². The van der Waals surface area contributed by atoms with E-state index >= 15 is 0 Å². The number of hydrogen-bond acceptors (Lipinski definition) is 5. The van der Waals surface area contributed by atoms with Crippen molar-refractivity contribution >= 4 is 21.4 Å². The van der Waals surface area contributed by atoms with E-state index in [1.165, 1.54) is 30.6 Å². The summed E-state index contributed by atoms with van der Waals surface area (Å²) >= 11 is 0. The van der Waals surface area contributed by atoms with Gasteiger partial charge in [-0.2, -0.15) is 0 Å². The van der Waals surface area contributed by atoms with E-state index in [4.69, 9.17) is 9.84 Å². The Balaban J connectivity index is 1.84. The maximum Gasteiger partial charge on any atom is 0.335 e. The monoisotopic (exact) mass is 354 g/mol. The van der Waals surface area contributed by atoms with Crippen LogP contribution in [0, 0.1) is 0 Å². The molecule has 0 saturated heterocycles. The van der Waals surface area contributed by atoms with Gasteiger partial charge in [0.15, 0.2) is 0 Å². The lowest BCUT2D eigenvalue weighted by Gasteiger charge is -2.11. The molecule has 0 aliphatic heterocycles. The third-order valence-electron chi connectivity index (χ3n) is 3.46. The van der Waals surface area contributed by atoms with Gasteiger partial charge in [-0.1, -0.05) is 0 Å². The number of hydrogen-bond donors (Lipinski definition) is 1. The Hall–Kier alpha value is -3.19. The van der Waals surface area contributed by atoms with Crippen molar-refractivity contribution in [3.63, 3.8) is 0 Å². The highest BCUT2D eigenvalue weighted by molar-refractivity contribution is 8.00. The summed E-state index contributed by atoms with van der Waals surface area (Å²) in [4.78, 5) is 19.7. The number of aromatic carboxylic acids is 1. The minimum atomic E-state index is -2.75. The Labute approximate surface area is 144 Å². The topological polar surface area (TPSA) is 89.4 Å². The van der Waals surface area contributed by atoms with E-state index in [-0.39, 0.29) is 5.56 Å². The van der Waals surface area contributed by atoms with Crippen molar-refractivity contribution < 1.29 is 18.8 Å². The number of carbonyl (C=O) groups is 1. The highest BCUT2D eigenvalue weighted by Crippen LogP contribution is 2.25.